The number of anilines is 1. The van der Waals surface area contributed by atoms with E-state index in [0.717, 1.165) is 6.07 Å². The molecule has 0 aliphatic heterocycles. The van der Waals surface area contributed by atoms with Crippen LogP contribution in [0.4, 0.5) is 14.5 Å². The number of nitrogens with two attached hydrogens (primary N) is 1. The summed E-state index contributed by atoms with van der Waals surface area (Å²) in [4.78, 5) is 0. The Morgan fingerprint density at radius 3 is 2.57 bits per heavy atom. The second-order valence-corrected chi connectivity index (χ2v) is 4.67. The van der Waals surface area contributed by atoms with Crippen molar-refractivity contribution in [3.05, 3.63) is 64.2 Å². The number of amidine groups is 1. The largest absolute Gasteiger partial charge is 0.409 e. The van der Waals surface area contributed by atoms with Gasteiger partial charge >= 0.3 is 0 Å². The van der Waals surface area contributed by atoms with E-state index < -0.39 is 11.6 Å². The molecule has 0 aliphatic rings. The summed E-state index contributed by atoms with van der Waals surface area (Å²) < 4.78 is 26.4. The van der Waals surface area contributed by atoms with Crippen molar-refractivity contribution in [1.82, 2.24) is 0 Å². The van der Waals surface area contributed by atoms with E-state index in [1.165, 1.54) is 30.3 Å². The molecular weight excluding hydrogens is 300 g/mol. The Hall–Kier alpha value is -2.34. The number of nitrogens with zero attached hydrogens (tertiary/aromatic N) is 1. The fourth-order valence-corrected chi connectivity index (χ4v) is 2.00. The average Bonchev–Trinajstić information content (AvgIpc) is 2.48. The van der Waals surface area contributed by atoms with Crippen molar-refractivity contribution >= 4 is 23.1 Å². The van der Waals surface area contributed by atoms with Crippen LogP contribution in [0.25, 0.3) is 0 Å². The normalized spacial score (nSPS) is 11.5. The molecule has 2 aromatic rings. The van der Waals surface area contributed by atoms with Gasteiger partial charge in [-0.25, -0.2) is 8.78 Å². The number of hydrogen-bond donors (Lipinski definition) is 3. The van der Waals surface area contributed by atoms with Crippen LogP contribution in [0.3, 0.4) is 0 Å². The predicted octanol–water partition coefficient (Wildman–Crippen LogP) is 3.32. The number of benzene rings is 2. The minimum Gasteiger partial charge on any atom is -0.409 e. The lowest BCUT2D eigenvalue weighted by molar-refractivity contribution is 0.318. The van der Waals surface area contributed by atoms with Crippen LogP contribution in [0.1, 0.15) is 11.1 Å². The third-order valence-corrected chi connectivity index (χ3v) is 3.18. The Morgan fingerprint density at radius 2 is 1.86 bits per heavy atom. The first-order chi connectivity index (χ1) is 10.0. The summed E-state index contributed by atoms with van der Waals surface area (Å²) in [6.07, 6.45) is 0. The lowest BCUT2D eigenvalue weighted by atomic mass is 10.1. The van der Waals surface area contributed by atoms with Gasteiger partial charge in [-0.15, -0.1) is 0 Å². The molecule has 0 radical (unpaired) electrons. The van der Waals surface area contributed by atoms with Gasteiger partial charge in [0.25, 0.3) is 0 Å². The zero-order valence-electron chi connectivity index (χ0n) is 10.8. The first-order valence-corrected chi connectivity index (χ1v) is 6.34. The molecule has 0 heterocycles. The molecule has 0 bridgehead atoms. The first kappa shape index (κ1) is 15.1. The molecule has 4 nitrogen and oxygen atoms in total. The number of hydrogen-bond acceptors (Lipinski definition) is 3. The van der Waals surface area contributed by atoms with Crippen molar-refractivity contribution in [2.75, 3.05) is 5.32 Å². The van der Waals surface area contributed by atoms with Gasteiger partial charge < -0.3 is 16.3 Å². The van der Waals surface area contributed by atoms with Crippen LogP contribution in [0, 0.1) is 11.6 Å². The number of oxime groups is 1. The molecule has 0 aliphatic carbocycles. The molecule has 0 aromatic heterocycles. The van der Waals surface area contributed by atoms with Gasteiger partial charge in [-0.05, 0) is 35.9 Å². The lowest BCUT2D eigenvalue weighted by Crippen LogP contribution is -2.17. The summed E-state index contributed by atoms with van der Waals surface area (Å²) in [5.41, 5.74) is 6.72. The highest BCUT2D eigenvalue weighted by atomic mass is 35.5. The summed E-state index contributed by atoms with van der Waals surface area (Å²) in [6, 6.07) is 7.80. The van der Waals surface area contributed by atoms with E-state index in [2.05, 4.69) is 10.5 Å². The number of nitrogens with one attached hydrogen (secondary N) is 1. The highest BCUT2D eigenvalue weighted by Crippen LogP contribution is 2.23. The van der Waals surface area contributed by atoms with Crippen LogP contribution in [0.2, 0.25) is 5.02 Å². The van der Waals surface area contributed by atoms with Crippen LogP contribution in [0.5, 0.6) is 0 Å². The van der Waals surface area contributed by atoms with Gasteiger partial charge in [0.2, 0.25) is 0 Å². The van der Waals surface area contributed by atoms with Crippen LogP contribution >= 0.6 is 11.6 Å². The Bertz CT molecular complexity index is 692. The molecular formula is C14H12ClF2N3O. The number of rotatable bonds is 4. The van der Waals surface area contributed by atoms with Gasteiger partial charge in [0.1, 0.15) is 11.6 Å². The molecule has 110 valence electrons. The van der Waals surface area contributed by atoms with Crippen LogP contribution in [-0.4, -0.2) is 11.0 Å². The van der Waals surface area contributed by atoms with Crippen molar-refractivity contribution in [2.24, 2.45) is 10.9 Å². The van der Waals surface area contributed by atoms with Crippen molar-refractivity contribution in [3.63, 3.8) is 0 Å². The highest BCUT2D eigenvalue weighted by Gasteiger charge is 2.10. The van der Waals surface area contributed by atoms with E-state index in [9.17, 15) is 8.78 Å². The molecule has 0 unspecified atom stereocenters. The standard InChI is InChI=1S/C14H12ClF2N3O/c15-12-4-3-10(17)6-13(12)19-7-8-1-2-9(16)5-11(8)14(18)20-21/h1-6,19,21H,7H2,(H2,18,20). The lowest BCUT2D eigenvalue weighted by Gasteiger charge is -2.12. The molecule has 0 saturated carbocycles. The molecule has 2 aromatic carbocycles. The molecule has 7 heteroatoms. The van der Waals surface area contributed by atoms with E-state index in [-0.39, 0.29) is 17.9 Å². The predicted molar refractivity (Wildman–Crippen MR) is 77.6 cm³/mol. The smallest absolute Gasteiger partial charge is 0.170 e. The first-order valence-electron chi connectivity index (χ1n) is 5.96. The summed E-state index contributed by atoms with van der Waals surface area (Å²) in [5.74, 6) is -1.15. The van der Waals surface area contributed by atoms with Crippen molar-refractivity contribution in [1.29, 1.82) is 0 Å². The molecule has 4 N–H and O–H groups in total. The Labute approximate surface area is 124 Å². The maximum absolute atomic E-state index is 13.2. The quantitative estimate of drug-likeness (QED) is 0.351. The summed E-state index contributed by atoms with van der Waals surface area (Å²) in [6.45, 7) is 0.203. The van der Waals surface area contributed by atoms with E-state index >= 15 is 0 Å². The summed E-state index contributed by atoms with van der Waals surface area (Å²) >= 11 is 5.94. The fraction of sp³-hybridized carbons (Fsp3) is 0.0714. The van der Waals surface area contributed by atoms with Gasteiger partial charge in [0, 0.05) is 12.1 Å². The van der Waals surface area contributed by atoms with Gasteiger partial charge in [-0.1, -0.05) is 22.8 Å². The van der Waals surface area contributed by atoms with Gasteiger partial charge in [-0.2, -0.15) is 0 Å². The van der Waals surface area contributed by atoms with Gasteiger partial charge in [-0.3, -0.25) is 0 Å². The van der Waals surface area contributed by atoms with E-state index in [1.54, 1.807) is 0 Å². The maximum Gasteiger partial charge on any atom is 0.170 e. The second-order valence-electron chi connectivity index (χ2n) is 4.26. The third kappa shape index (κ3) is 3.61. The summed E-state index contributed by atoms with van der Waals surface area (Å²) in [7, 11) is 0. The Kier molecular flexibility index (Phi) is 4.59. The molecule has 0 fully saturated rings. The Balaban J connectivity index is 2.26. The molecule has 0 saturated heterocycles. The maximum atomic E-state index is 13.2. The molecule has 0 spiro atoms. The van der Waals surface area contributed by atoms with E-state index in [1.807, 2.05) is 0 Å². The minimum atomic E-state index is -0.510. The van der Waals surface area contributed by atoms with Crippen LogP contribution in [-0.2, 0) is 6.54 Å². The Morgan fingerprint density at radius 1 is 1.19 bits per heavy atom. The van der Waals surface area contributed by atoms with Crippen LogP contribution in [0.15, 0.2) is 41.6 Å². The van der Waals surface area contributed by atoms with Crippen molar-refractivity contribution in [2.45, 2.75) is 6.54 Å². The van der Waals surface area contributed by atoms with E-state index in [0.29, 0.717) is 16.3 Å². The molecule has 0 amide bonds. The summed E-state index contributed by atoms with van der Waals surface area (Å²) in [5, 5.41) is 14.9. The van der Waals surface area contributed by atoms with Crippen molar-refractivity contribution < 1.29 is 14.0 Å². The average molecular weight is 312 g/mol. The van der Waals surface area contributed by atoms with Gasteiger partial charge in [0.15, 0.2) is 5.84 Å². The highest BCUT2D eigenvalue weighted by molar-refractivity contribution is 6.33. The zero-order chi connectivity index (χ0) is 15.4. The minimum absolute atomic E-state index is 0.203. The van der Waals surface area contributed by atoms with Crippen LogP contribution < -0.4 is 11.1 Å². The zero-order valence-corrected chi connectivity index (χ0v) is 11.5. The molecule has 2 rings (SSSR count). The topological polar surface area (TPSA) is 70.6 Å². The molecule has 0 atom stereocenters. The van der Waals surface area contributed by atoms with E-state index in [4.69, 9.17) is 22.5 Å². The second kappa shape index (κ2) is 6.41. The van der Waals surface area contributed by atoms with Crippen molar-refractivity contribution in [3.8, 4) is 0 Å². The third-order valence-electron chi connectivity index (χ3n) is 2.85. The fourth-order valence-electron chi connectivity index (χ4n) is 1.82. The molecule has 21 heavy (non-hydrogen) atoms. The number of halogens is 3. The van der Waals surface area contributed by atoms with Gasteiger partial charge in [0.05, 0.1) is 10.7 Å². The SMILES string of the molecule is N/C(=N/O)c1cc(F)ccc1CNc1cc(F)ccc1Cl. The monoisotopic (exact) mass is 311 g/mol.